The van der Waals surface area contributed by atoms with Crippen LogP contribution in [0.15, 0.2) is 48.5 Å². The lowest BCUT2D eigenvalue weighted by molar-refractivity contribution is 0.311. The van der Waals surface area contributed by atoms with Gasteiger partial charge in [0.2, 0.25) is 0 Å². The number of rotatable bonds is 7. The molecule has 0 radical (unpaired) electrons. The first-order valence-electron chi connectivity index (χ1n) is 7.34. The van der Waals surface area contributed by atoms with Crippen LogP contribution in [0.3, 0.4) is 0 Å². The molecule has 0 heterocycles. The molecule has 0 aliphatic carbocycles. The van der Waals surface area contributed by atoms with Gasteiger partial charge in [-0.25, -0.2) is 0 Å². The van der Waals surface area contributed by atoms with Crippen molar-refractivity contribution in [3.8, 4) is 11.5 Å². The van der Waals surface area contributed by atoms with Crippen LogP contribution in [-0.4, -0.2) is 20.3 Å². The quantitative estimate of drug-likeness (QED) is 0.822. The molecule has 0 saturated heterocycles. The zero-order chi connectivity index (χ0) is 15.1. The predicted molar refractivity (Wildman–Crippen MR) is 87.5 cm³/mol. The zero-order valence-corrected chi connectivity index (χ0v) is 12.9. The van der Waals surface area contributed by atoms with E-state index in [1.54, 1.807) is 7.11 Å². The summed E-state index contributed by atoms with van der Waals surface area (Å²) in [6.07, 6.45) is 0. The third-order valence-electron chi connectivity index (χ3n) is 3.44. The highest BCUT2D eigenvalue weighted by atomic mass is 16.5. The highest BCUT2D eigenvalue weighted by Crippen LogP contribution is 2.30. The largest absolute Gasteiger partial charge is 0.493 e. The van der Waals surface area contributed by atoms with Crippen molar-refractivity contribution >= 4 is 5.69 Å². The Kier molecular flexibility index (Phi) is 5.50. The Balaban J connectivity index is 2.01. The number of benzene rings is 2. The molecule has 0 saturated carbocycles. The maximum Gasteiger partial charge on any atom is 0.163 e. The fourth-order valence-corrected chi connectivity index (χ4v) is 2.23. The summed E-state index contributed by atoms with van der Waals surface area (Å²) in [5.74, 6) is 1.99. The Morgan fingerprint density at radius 1 is 1.05 bits per heavy atom. The average molecular weight is 285 g/mol. The first kappa shape index (κ1) is 15.2. The standard InChI is InChI=1S/C18H23NO2/c1-4-21-18-12-16(10-11-17(18)20-3)19-13-14(2)15-8-6-5-7-9-15/h5-12,14,19H,4,13H2,1-3H3. The van der Waals surface area contributed by atoms with Crippen molar-refractivity contribution in [2.75, 3.05) is 25.6 Å². The number of ether oxygens (including phenoxy) is 2. The van der Waals surface area contributed by atoms with E-state index >= 15 is 0 Å². The topological polar surface area (TPSA) is 30.5 Å². The highest BCUT2D eigenvalue weighted by Gasteiger charge is 2.07. The summed E-state index contributed by atoms with van der Waals surface area (Å²) in [6.45, 7) is 5.69. The van der Waals surface area contributed by atoms with Crippen molar-refractivity contribution in [3.05, 3.63) is 54.1 Å². The normalized spacial score (nSPS) is 11.8. The van der Waals surface area contributed by atoms with E-state index in [4.69, 9.17) is 9.47 Å². The number of anilines is 1. The third kappa shape index (κ3) is 4.15. The molecular weight excluding hydrogens is 262 g/mol. The van der Waals surface area contributed by atoms with Gasteiger partial charge in [0, 0.05) is 18.3 Å². The van der Waals surface area contributed by atoms with E-state index in [2.05, 4.69) is 36.5 Å². The van der Waals surface area contributed by atoms with Crippen molar-refractivity contribution in [3.63, 3.8) is 0 Å². The minimum atomic E-state index is 0.448. The first-order valence-corrected chi connectivity index (χ1v) is 7.34. The predicted octanol–water partition coefficient (Wildman–Crippen LogP) is 4.31. The number of methoxy groups -OCH3 is 1. The molecule has 2 aromatic carbocycles. The molecule has 0 spiro atoms. The van der Waals surface area contributed by atoms with Crippen molar-refractivity contribution in [1.29, 1.82) is 0 Å². The second-order valence-corrected chi connectivity index (χ2v) is 4.99. The molecule has 21 heavy (non-hydrogen) atoms. The summed E-state index contributed by atoms with van der Waals surface area (Å²) in [7, 11) is 1.66. The Hall–Kier alpha value is -2.16. The molecule has 0 aliphatic heterocycles. The smallest absolute Gasteiger partial charge is 0.163 e. The second-order valence-electron chi connectivity index (χ2n) is 4.99. The summed E-state index contributed by atoms with van der Waals surface area (Å²) < 4.78 is 10.9. The lowest BCUT2D eigenvalue weighted by atomic mass is 10.0. The summed E-state index contributed by atoms with van der Waals surface area (Å²) in [4.78, 5) is 0. The van der Waals surface area contributed by atoms with E-state index in [1.165, 1.54) is 5.56 Å². The minimum absolute atomic E-state index is 0.448. The van der Waals surface area contributed by atoms with Crippen molar-refractivity contribution in [2.45, 2.75) is 19.8 Å². The second kappa shape index (κ2) is 7.58. The van der Waals surface area contributed by atoms with Crippen LogP contribution in [0, 0.1) is 0 Å². The first-order chi connectivity index (χ1) is 10.2. The maximum atomic E-state index is 5.59. The van der Waals surface area contributed by atoms with Crippen LogP contribution in [0.1, 0.15) is 25.3 Å². The Morgan fingerprint density at radius 3 is 2.48 bits per heavy atom. The van der Waals surface area contributed by atoms with Crippen LogP contribution >= 0.6 is 0 Å². The Labute approximate surface area is 126 Å². The van der Waals surface area contributed by atoms with Gasteiger partial charge in [0.25, 0.3) is 0 Å². The van der Waals surface area contributed by atoms with E-state index in [0.29, 0.717) is 12.5 Å². The highest BCUT2D eigenvalue weighted by molar-refractivity contribution is 5.55. The summed E-state index contributed by atoms with van der Waals surface area (Å²) in [6, 6.07) is 16.4. The summed E-state index contributed by atoms with van der Waals surface area (Å²) in [5.41, 5.74) is 2.38. The van der Waals surface area contributed by atoms with Crippen LogP contribution in [0.5, 0.6) is 11.5 Å². The van der Waals surface area contributed by atoms with Crippen LogP contribution in [0.2, 0.25) is 0 Å². The van der Waals surface area contributed by atoms with Crippen molar-refractivity contribution in [2.24, 2.45) is 0 Å². The minimum Gasteiger partial charge on any atom is -0.493 e. The molecule has 0 aliphatic rings. The summed E-state index contributed by atoms with van der Waals surface area (Å²) >= 11 is 0. The summed E-state index contributed by atoms with van der Waals surface area (Å²) in [5, 5.41) is 3.46. The van der Waals surface area contributed by atoms with E-state index in [1.807, 2.05) is 31.2 Å². The van der Waals surface area contributed by atoms with E-state index in [-0.39, 0.29) is 0 Å². The fourth-order valence-electron chi connectivity index (χ4n) is 2.23. The lowest BCUT2D eigenvalue weighted by Gasteiger charge is -2.16. The van der Waals surface area contributed by atoms with Crippen LogP contribution in [0.25, 0.3) is 0 Å². The van der Waals surface area contributed by atoms with Crippen LogP contribution < -0.4 is 14.8 Å². The van der Waals surface area contributed by atoms with E-state index < -0.39 is 0 Å². The third-order valence-corrected chi connectivity index (χ3v) is 3.44. The van der Waals surface area contributed by atoms with Crippen LogP contribution in [-0.2, 0) is 0 Å². The van der Waals surface area contributed by atoms with E-state index in [9.17, 15) is 0 Å². The maximum absolute atomic E-state index is 5.59. The molecule has 112 valence electrons. The van der Waals surface area contributed by atoms with Crippen molar-refractivity contribution < 1.29 is 9.47 Å². The molecule has 0 aromatic heterocycles. The molecule has 0 amide bonds. The van der Waals surface area contributed by atoms with Gasteiger partial charge >= 0.3 is 0 Å². The molecule has 2 rings (SSSR count). The molecular formula is C18H23NO2. The Bertz CT molecular complexity index is 554. The van der Waals surface area contributed by atoms with Gasteiger partial charge in [0.15, 0.2) is 11.5 Å². The SMILES string of the molecule is CCOc1cc(NCC(C)c2ccccc2)ccc1OC. The number of nitrogens with one attached hydrogen (secondary N) is 1. The average Bonchev–Trinajstić information content (AvgIpc) is 2.54. The lowest BCUT2D eigenvalue weighted by Crippen LogP contribution is -2.10. The number of hydrogen-bond donors (Lipinski definition) is 1. The molecule has 0 bridgehead atoms. The Morgan fingerprint density at radius 2 is 1.81 bits per heavy atom. The van der Waals surface area contributed by atoms with Gasteiger partial charge in [0.1, 0.15) is 0 Å². The molecule has 3 heteroatoms. The van der Waals surface area contributed by atoms with E-state index in [0.717, 1.165) is 23.7 Å². The van der Waals surface area contributed by atoms with Gasteiger partial charge in [-0.15, -0.1) is 0 Å². The zero-order valence-electron chi connectivity index (χ0n) is 12.9. The van der Waals surface area contributed by atoms with Gasteiger partial charge in [-0.05, 0) is 30.5 Å². The molecule has 1 unspecified atom stereocenters. The van der Waals surface area contributed by atoms with Gasteiger partial charge in [-0.3, -0.25) is 0 Å². The molecule has 2 aromatic rings. The van der Waals surface area contributed by atoms with Crippen molar-refractivity contribution in [1.82, 2.24) is 0 Å². The van der Waals surface area contributed by atoms with Gasteiger partial charge in [-0.1, -0.05) is 37.3 Å². The van der Waals surface area contributed by atoms with Gasteiger partial charge in [0.05, 0.1) is 13.7 Å². The monoisotopic (exact) mass is 285 g/mol. The van der Waals surface area contributed by atoms with Crippen LogP contribution in [0.4, 0.5) is 5.69 Å². The number of hydrogen-bond acceptors (Lipinski definition) is 3. The molecule has 1 N–H and O–H groups in total. The molecule has 3 nitrogen and oxygen atoms in total. The van der Waals surface area contributed by atoms with Gasteiger partial charge in [-0.2, -0.15) is 0 Å². The molecule has 0 fully saturated rings. The van der Waals surface area contributed by atoms with Gasteiger partial charge < -0.3 is 14.8 Å². The fraction of sp³-hybridized carbons (Fsp3) is 0.333. The molecule has 1 atom stereocenters.